The molecule has 0 aliphatic carbocycles. The molecule has 3 N–H and O–H groups in total. The van der Waals surface area contributed by atoms with E-state index in [-0.39, 0.29) is 13.0 Å². The molecule has 0 aliphatic rings. The molecule has 0 fully saturated rings. The molecule has 0 aliphatic heterocycles. The van der Waals surface area contributed by atoms with Gasteiger partial charge in [-0.3, -0.25) is 5.73 Å². The smallest absolute Gasteiger partial charge is 0.351 e. The van der Waals surface area contributed by atoms with Gasteiger partial charge in [-0.25, -0.2) is 4.79 Å². The Morgan fingerprint density at radius 1 is 1.50 bits per heavy atom. The van der Waals surface area contributed by atoms with Crippen molar-refractivity contribution in [3.63, 3.8) is 0 Å². The third kappa shape index (κ3) is 3.09. The van der Waals surface area contributed by atoms with Gasteiger partial charge in [-0.2, -0.15) is 0 Å². The van der Waals surface area contributed by atoms with Crippen LogP contribution in [0.15, 0.2) is 30.3 Å². The Balaban J connectivity index is 2.80. The molecule has 0 saturated heterocycles. The Morgan fingerprint density at radius 2 is 2.12 bits per heavy atom. The molecule has 4 nitrogen and oxygen atoms in total. The highest BCUT2D eigenvalue weighted by Gasteiger charge is 2.35. The number of carboxylic acid groups (broad SMARTS) is 1. The van der Waals surface area contributed by atoms with Gasteiger partial charge in [0.15, 0.2) is 0 Å². The molecule has 0 heterocycles. The van der Waals surface area contributed by atoms with E-state index in [1.54, 1.807) is 24.3 Å². The third-order valence-corrected chi connectivity index (χ3v) is 2.08. The van der Waals surface area contributed by atoms with Crippen molar-refractivity contribution < 1.29 is 14.6 Å². The molecule has 1 aromatic rings. The van der Waals surface area contributed by atoms with Gasteiger partial charge in [0.2, 0.25) is 5.72 Å². The maximum atomic E-state index is 11.0. The van der Waals surface area contributed by atoms with Crippen LogP contribution in [-0.2, 0) is 16.0 Å². The second-order valence-electron chi connectivity index (χ2n) is 3.35. The zero-order valence-corrected chi connectivity index (χ0v) is 8.72. The summed E-state index contributed by atoms with van der Waals surface area (Å²) in [4.78, 5) is 11.0. The second-order valence-corrected chi connectivity index (χ2v) is 3.35. The fourth-order valence-electron chi connectivity index (χ4n) is 1.26. The van der Waals surface area contributed by atoms with Gasteiger partial charge >= 0.3 is 5.97 Å². The quantitative estimate of drug-likeness (QED) is 0.562. The Bertz CT molecular complexity index is 396. The van der Waals surface area contributed by atoms with Gasteiger partial charge in [-0.05, 0) is 5.56 Å². The third-order valence-electron chi connectivity index (χ3n) is 2.08. The summed E-state index contributed by atoms with van der Waals surface area (Å²) >= 11 is 0. The summed E-state index contributed by atoms with van der Waals surface area (Å²) in [6, 6.07) is 9.01. The lowest BCUT2D eigenvalue weighted by Gasteiger charge is -2.23. The molecule has 0 unspecified atom stereocenters. The Hall–Kier alpha value is -1.83. The van der Waals surface area contributed by atoms with Crippen molar-refractivity contribution in [1.82, 2.24) is 0 Å². The highest BCUT2D eigenvalue weighted by Crippen LogP contribution is 2.12. The average Bonchev–Trinajstić information content (AvgIpc) is 2.27. The number of nitrogens with two attached hydrogens (primary N) is 1. The topological polar surface area (TPSA) is 72.5 Å². The number of carboxylic acids is 1. The summed E-state index contributed by atoms with van der Waals surface area (Å²) in [6.45, 7) is -0.129. The minimum absolute atomic E-state index is 0.0743. The summed E-state index contributed by atoms with van der Waals surface area (Å²) < 4.78 is 4.99. The molecule has 4 heteroatoms. The molecule has 0 spiro atoms. The Labute approximate surface area is 94.0 Å². The van der Waals surface area contributed by atoms with E-state index in [9.17, 15) is 4.79 Å². The SMILES string of the molecule is C#CCO[C@](N)(Cc1ccccc1)C(=O)O. The summed E-state index contributed by atoms with van der Waals surface area (Å²) in [5.41, 5.74) is 4.65. The van der Waals surface area contributed by atoms with Crippen LogP contribution in [0.3, 0.4) is 0 Å². The fourth-order valence-corrected chi connectivity index (χ4v) is 1.26. The largest absolute Gasteiger partial charge is 0.478 e. The van der Waals surface area contributed by atoms with E-state index >= 15 is 0 Å². The highest BCUT2D eigenvalue weighted by atomic mass is 16.5. The summed E-state index contributed by atoms with van der Waals surface area (Å²) in [7, 11) is 0. The van der Waals surface area contributed by atoms with Crippen LogP contribution in [0.4, 0.5) is 0 Å². The van der Waals surface area contributed by atoms with Gasteiger partial charge < -0.3 is 9.84 Å². The van der Waals surface area contributed by atoms with E-state index < -0.39 is 11.7 Å². The van der Waals surface area contributed by atoms with Gasteiger partial charge in [0.1, 0.15) is 6.61 Å². The average molecular weight is 219 g/mol. The van der Waals surface area contributed by atoms with Crippen molar-refractivity contribution >= 4 is 5.97 Å². The van der Waals surface area contributed by atoms with Crippen molar-refractivity contribution in [2.24, 2.45) is 5.73 Å². The Kier molecular flexibility index (Phi) is 4.06. The van der Waals surface area contributed by atoms with Crippen LogP contribution in [-0.4, -0.2) is 23.4 Å². The molecule has 0 aromatic heterocycles. The van der Waals surface area contributed by atoms with Crippen LogP contribution in [0.1, 0.15) is 5.56 Å². The molecule has 1 aromatic carbocycles. The monoisotopic (exact) mass is 219 g/mol. The number of hydrogen-bond donors (Lipinski definition) is 2. The van der Waals surface area contributed by atoms with Gasteiger partial charge in [-0.1, -0.05) is 36.3 Å². The van der Waals surface area contributed by atoms with Crippen molar-refractivity contribution in [2.75, 3.05) is 6.61 Å². The van der Waals surface area contributed by atoms with Crippen LogP contribution < -0.4 is 5.73 Å². The van der Waals surface area contributed by atoms with E-state index in [0.717, 1.165) is 5.56 Å². The predicted molar refractivity (Wildman–Crippen MR) is 59.5 cm³/mol. The Morgan fingerprint density at radius 3 is 2.62 bits per heavy atom. The number of hydrogen-bond acceptors (Lipinski definition) is 3. The van der Waals surface area contributed by atoms with Crippen molar-refractivity contribution in [1.29, 1.82) is 0 Å². The molecule has 0 bridgehead atoms. The maximum Gasteiger partial charge on any atom is 0.351 e. The minimum atomic E-state index is -1.77. The van der Waals surface area contributed by atoms with Crippen LogP contribution in [0.2, 0.25) is 0 Å². The highest BCUT2D eigenvalue weighted by molar-refractivity contribution is 5.77. The van der Waals surface area contributed by atoms with Crippen LogP contribution in [0, 0.1) is 12.3 Å². The zero-order valence-electron chi connectivity index (χ0n) is 8.72. The summed E-state index contributed by atoms with van der Waals surface area (Å²) in [5.74, 6) is 0.968. The molecule has 84 valence electrons. The molecule has 16 heavy (non-hydrogen) atoms. The number of benzene rings is 1. The first-order valence-electron chi connectivity index (χ1n) is 4.72. The molecule has 0 radical (unpaired) electrons. The fraction of sp³-hybridized carbons (Fsp3) is 0.250. The maximum absolute atomic E-state index is 11.0. The second kappa shape index (κ2) is 5.31. The minimum Gasteiger partial charge on any atom is -0.478 e. The standard InChI is InChI=1S/C12H13NO3/c1-2-8-16-12(13,11(14)15)9-10-6-4-3-5-7-10/h1,3-7H,8-9,13H2,(H,14,15)/t12-/m1/s1. The van der Waals surface area contributed by atoms with Crippen molar-refractivity contribution in [3.8, 4) is 12.3 Å². The van der Waals surface area contributed by atoms with Gasteiger partial charge in [0, 0.05) is 6.42 Å². The zero-order chi connectivity index (χ0) is 12.0. The van der Waals surface area contributed by atoms with Crippen molar-refractivity contribution in [3.05, 3.63) is 35.9 Å². The van der Waals surface area contributed by atoms with Crippen LogP contribution >= 0.6 is 0 Å². The number of aliphatic carboxylic acids is 1. The molecular weight excluding hydrogens is 206 g/mol. The molecule has 0 amide bonds. The van der Waals surface area contributed by atoms with E-state index in [1.165, 1.54) is 0 Å². The lowest BCUT2D eigenvalue weighted by molar-refractivity contribution is -0.163. The molecule has 1 atom stereocenters. The van der Waals surface area contributed by atoms with E-state index in [1.807, 2.05) is 6.07 Å². The molecule has 0 saturated carbocycles. The number of rotatable bonds is 5. The first-order chi connectivity index (χ1) is 7.58. The van der Waals surface area contributed by atoms with E-state index in [4.69, 9.17) is 22.0 Å². The normalized spacial score (nSPS) is 13.8. The van der Waals surface area contributed by atoms with E-state index in [2.05, 4.69) is 5.92 Å². The van der Waals surface area contributed by atoms with E-state index in [0.29, 0.717) is 0 Å². The van der Waals surface area contributed by atoms with Gasteiger partial charge in [0.25, 0.3) is 0 Å². The van der Waals surface area contributed by atoms with Crippen LogP contribution in [0.25, 0.3) is 0 Å². The number of ether oxygens (including phenoxy) is 1. The number of terminal acetylenes is 1. The predicted octanol–water partition coefficient (Wildman–Crippen LogP) is 0.619. The molecule has 1 rings (SSSR count). The summed E-state index contributed by atoms with van der Waals surface area (Å²) in [5, 5.41) is 9.00. The summed E-state index contributed by atoms with van der Waals surface area (Å²) in [6.07, 6.45) is 5.08. The first kappa shape index (κ1) is 12.2. The van der Waals surface area contributed by atoms with Gasteiger partial charge in [0.05, 0.1) is 0 Å². The van der Waals surface area contributed by atoms with Crippen LogP contribution in [0.5, 0.6) is 0 Å². The first-order valence-corrected chi connectivity index (χ1v) is 4.72. The lowest BCUT2D eigenvalue weighted by Crippen LogP contribution is -2.52. The van der Waals surface area contributed by atoms with Gasteiger partial charge in [-0.15, -0.1) is 6.42 Å². The van der Waals surface area contributed by atoms with Crippen molar-refractivity contribution in [2.45, 2.75) is 12.1 Å². The lowest BCUT2D eigenvalue weighted by atomic mass is 10.0. The molecular formula is C12H13NO3. The number of carbonyl (C=O) groups is 1.